The Labute approximate surface area is 215 Å². The van der Waals surface area contributed by atoms with E-state index in [1.807, 2.05) is 20.8 Å². The molecule has 0 radical (unpaired) electrons. The first kappa shape index (κ1) is 30.5. The molecule has 0 unspecified atom stereocenters. The number of nitrogens with zero attached hydrogens (tertiary/aromatic N) is 2. The van der Waals surface area contributed by atoms with Gasteiger partial charge in [0.05, 0.1) is 18.2 Å². The Bertz CT molecular complexity index is 960. The minimum Gasteiger partial charge on any atom is -0.493 e. The zero-order valence-corrected chi connectivity index (χ0v) is 21.9. The Hall–Kier alpha value is -2.69. The lowest BCUT2D eigenvalue weighted by molar-refractivity contribution is -0.139. The molecule has 0 amide bonds. The molecular formula is C26H37F4N3O4. The lowest BCUT2D eigenvalue weighted by Gasteiger charge is -2.14. The van der Waals surface area contributed by atoms with Crippen LogP contribution in [0.25, 0.3) is 11.4 Å². The number of benzene rings is 1. The van der Waals surface area contributed by atoms with E-state index >= 15 is 0 Å². The van der Waals surface area contributed by atoms with Crippen molar-refractivity contribution in [1.82, 2.24) is 15.5 Å². The molecule has 0 bridgehead atoms. The van der Waals surface area contributed by atoms with Gasteiger partial charge in [0, 0.05) is 18.5 Å². The van der Waals surface area contributed by atoms with Crippen LogP contribution in [-0.4, -0.2) is 41.5 Å². The molecule has 7 nitrogen and oxygen atoms in total. The fourth-order valence-corrected chi connectivity index (χ4v) is 3.60. The summed E-state index contributed by atoms with van der Waals surface area (Å²) in [7, 11) is 0. The average Bonchev–Trinajstić information content (AvgIpc) is 3.47. The van der Waals surface area contributed by atoms with E-state index in [1.54, 1.807) is 0 Å². The highest BCUT2D eigenvalue weighted by Gasteiger charge is 2.35. The zero-order chi connectivity index (χ0) is 27.5. The van der Waals surface area contributed by atoms with Crippen molar-refractivity contribution in [3.63, 3.8) is 0 Å². The first-order chi connectivity index (χ1) is 17.4. The third-order valence-electron chi connectivity index (χ3n) is 5.52. The van der Waals surface area contributed by atoms with Crippen molar-refractivity contribution in [3.05, 3.63) is 29.7 Å². The molecule has 1 N–H and O–H groups in total. The van der Waals surface area contributed by atoms with Gasteiger partial charge in [-0.2, -0.15) is 18.2 Å². The van der Waals surface area contributed by atoms with Crippen molar-refractivity contribution in [3.8, 4) is 17.1 Å². The molecule has 1 aromatic carbocycles. The highest BCUT2D eigenvalue weighted by molar-refractivity contribution is 5.59. The molecule has 3 rings (SSSR count). The quantitative estimate of drug-likeness (QED) is 0.193. The van der Waals surface area contributed by atoms with Crippen molar-refractivity contribution in [1.29, 1.82) is 0 Å². The maximum absolute atomic E-state index is 13.6. The van der Waals surface area contributed by atoms with Crippen molar-refractivity contribution in [2.75, 3.05) is 13.2 Å². The Kier molecular flexibility index (Phi) is 11.8. The van der Waals surface area contributed by atoms with Crippen LogP contribution in [0.1, 0.15) is 90.1 Å². The van der Waals surface area contributed by atoms with Crippen LogP contribution in [0.15, 0.2) is 22.7 Å². The maximum Gasteiger partial charge on any atom is 0.419 e. The molecule has 1 aromatic heterocycles. The summed E-state index contributed by atoms with van der Waals surface area (Å²) in [5.41, 5.74) is -1.03. The first-order valence-corrected chi connectivity index (χ1v) is 12.6. The fourth-order valence-electron chi connectivity index (χ4n) is 3.60. The number of alkyl halides is 4. The van der Waals surface area contributed by atoms with E-state index in [0.29, 0.717) is 12.9 Å². The summed E-state index contributed by atoms with van der Waals surface area (Å²) in [5, 5.41) is 6.67. The summed E-state index contributed by atoms with van der Waals surface area (Å²) in [6.07, 6.45) is 0.756. The smallest absolute Gasteiger partial charge is 0.419 e. The number of nitrogens with one attached hydrogen (secondary N) is 1. The van der Waals surface area contributed by atoms with E-state index in [-0.39, 0.29) is 48.2 Å². The molecule has 0 spiro atoms. The summed E-state index contributed by atoms with van der Waals surface area (Å²) in [5.74, 6) is -0.00884. The van der Waals surface area contributed by atoms with Gasteiger partial charge < -0.3 is 19.3 Å². The lowest BCUT2D eigenvalue weighted by atomic mass is 10.1. The number of ether oxygens (including phenoxy) is 2. The molecule has 11 heteroatoms. The summed E-state index contributed by atoms with van der Waals surface area (Å²) >= 11 is 0. The summed E-state index contributed by atoms with van der Waals surface area (Å²) in [6.45, 7) is 8.47. The van der Waals surface area contributed by atoms with Gasteiger partial charge in [0.2, 0.25) is 11.7 Å². The topological polar surface area (TPSA) is 86.5 Å². The van der Waals surface area contributed by atoms with Crippen LogP contribution in [0.2, 0.25) is 0 Å². The lowest BCUT2D eigenvalue weighted by Crippen LogP contribution is -2.17. The predicted molar refractivity (Wildman–Crippen MR) is 131 cm³/mol. The molecule has 208 valence electrons. The van der Waals surface area contributed by atoms with Crippen molar-refractivity contribution in [2.45, 2.75) is 96.6 Å². The second-order valence-electron chi connectivity index (χ2n) is 9.90. The third-order valence-corrected chi connectivity index (χ3v) is 5.52. The van der Waals surface area contributed by atoms with Gasteiger partial charge >= 0.3 is 6.18 Å². The van der Waals surface area contributed by atoms with Gasteiger partial charge in [-0.1, -0.05) is 44.2 Å². The average molecular weight is 532 g/mol. The summed E-state index contributed by atoms with van der Waals surface area (Å²) in [6, 6.07) is 3.30. The number of carbonyl (C=O) groups is 1. The second-order valence-corrected chi connectivity index (χ2v) is 9.90. The summed E-state index contributed by atoms with van der Waals surface area (Å²) < 4.78 is 69.1. The zero-order valence-electron chi connectivity index (χ0n) is 21.9. The van der Waals surface area contributed by atoms with E-state index in [2.05, 4.69) is 27.1 Å². The molecule has 2 aromatic rings. The Balaban J connectivity index is 0.000000604. The first-order valence-electron chi connectivity index (χ1n) is 12.6. The molecule has 0 saturated carbocycles. The van der Waals surface area contributed by atoms with Gasteiger partial charge in [-0.3, -0.25) is 4.79 Å². The number of aromatic nitrogens is 2. The normalized spacial score (nSPS) is 17.7. The molecular weight excluding hydrogens is 494 g/mol. The summed E-state index contributed by atoms with van der Waals surface area (Å²) in [4.78, 5) is 13.7. The van der Waals surface area contributed by atoms with Crippen LogP contribution in [0.5, 0.6) is 5.75 Å². The minimum absolute atomic E-state index is 0.0297. The van der Waals surface area contributed by atoms with E-state index in [1.165, 1.54) is 18.6 Å². The Morgan fingerprint density at radius 2 is 1.84 bits per heavy atom. The van der Waals surface area contributed by atoms with Crippen molar-refractivity contribution in [2.24, 2.45) is 0 Å². The van der Waals surface area contributed by atoms with Gasteiger partial charge in [-0.15, -0.1) is 0 Å². The van der Waals surface area contributed by atoms with E-state index in [0.717, 1.165) is 31.7 Å². The molecule has 0 aliphatic carbocycles. The number of halogens is 4. The SMILES string of the molecule is CC(C)(C)OC=O.CCCCCCCCOc1ccc(-c2noc([C@@H]3C[C@@H](F)CN3)n2)cc1C(F)(F)F. The van der Waals surface area contributed by atoms with Gasteiger partial charge in [0.15, 0.2) is 0 Å². The molecule has 1 saturated heterocycles. The van der Waals surface area contributed by atoms with E-state index < -0.39 is 24.0 Å². The second kappa shape index (κ2) is 14.3. The van der Waals surface area contributed by atoms with Crippen LogP contribution < -0.4 is 10.1 Å². The molecule has 1 fully saturated rings. The largest absolute Gasteiger partial charge is 0.493 e. The standard InChI is InChI=1S/C21H27F4N3O2.C5H10O2/c1-2-3-4-5-6-7-10-29-18-9-8-14(11-16(18)21(23,24)25)19-27-20(30-28-19)17-12-15(22)13-26-17;1-5(2,3)7-4-6/h8-9,11,15,17,26H,2-7,10,12-13H2,1H3;4H,1-3H3/t15-,17+;/m1./s1. The fraction of sp³-hybridized carbons (Fsp3) is 0.654. The molecule has 37 heavy (non-hydrogen) atoms. The number of hydrogen-bond acceptors (Lipinski definition) is 7. The van der Waals surface area contributed by atoms with Crippen LogP contribution in [0.3, 0.4) is 0 Å². The van der Waals surface area contributed by atoms with E-state index in [4.69, 9.17) is 9.26 Å². The van der Waals surface area contributed by atoms with Crippen LogP contribution in [0.4, 0.5) is 17.6 Å². The monoisotopic (exact) mass is 531 g/mol. The highest BCUT2D eigenvalue weighted by atomic mass is 19.4. The highest BCUT2D eigenvalue weighted by Crippen LogP contribution is 2.38. The van der Waals surface area contributed by atoms with Gasteiger partial charge in [-0.25, -0.2) is 4.39 Å². The Morgan fingerprint density at radius 1 is 1.14 bits per heavy atom. The molecule has 2 atom stereocenters. The predicted octanol–water partition coefficient (Wildman–Crippen LogP) is 6.83. The number of unbranched alkanes of at least 4 members (excludes halogenated alkanes) is 5. The van der Waals surface area contributed by atoms with Crippen LogP contribution in [-0.2, 0) is 15.7 Å². The van der Waals surface area contributed by atoms with Gasteiger partial charge in [0.1, 0.15) is 17.5 Å². The maximum atomic E-state index is 13.6. The Morgan fingerprint density at radius 3 is 2.41 bits per heavy atom. The van der Waals surface area contributed by atoms with Crippen molar-refractivity contribution < 1.29 is 36.4 Å². The van der Waals surface area contributed by atoms with E-state index in [9.17, 15) is 22.4 Å². The van der Waals surface area contributed by atoms with Crippen molar-refractivity contribution >= 4 is 6.47 Å². The minimum atomic E-state index is -4.58. The third kappa shape index (κ3) is 10.7. The van der Waals surface area contributed by atoms with Gasteiger partial charge in [-0.05, 0) is 45.4 Å². The molecule has 2 heterocycles. The number of rotatable bonds is 11. The molecule has 1 aliphatic heterocycles. The number of carbonyl (C=O) groups excluding carboxylic acids is 1. The van der Waals surface area contributed by atoms with Gasteiger partial charge in [0.25, 0.3) is 6.47 Å². The molecule has 1 aliphatic rings. The van der Waals surface area contributed by atoms with Crippen LogP contribution >= 0.6 is 0 Å². The van der Waals surface area contributed by atoms with Crippen LogP contribution in [0, 0.1) is 0 Å². The number of hydrogen-bond donors (Lipinski definition) is 1.